The molecule has 0 atom stereocenters. The largest absolute Gasteiger partial charge is 0.481 e. The molecule has 0 saturated carbocycles. The molecule has 0 aliphatic rings. The lowest BCUT2D eigenvalue weighted by atomic mass is 10.0. The van der Waals surface area contributed by atoms with Gasteiger partial charge in [-0.1, -0.05) is 48.5 Å². The molecule has 0 spiro atoms. The van der Waals surface area contributed by atoms with E-state index in [1.165, 1.54) is 0 Å². The Morgan fingerprint density at radius 3 is 1.85 bits per heavy atom. The van der Waals surface area contributed by atoms with Gasteiger partial charge in [0.2, 0.25) is 5.88 Å². The van der Waals surface area contributed by atoms with Crippen molar-refractivity contribution in [1.82, 2.24) is 39.0 Å². The Kier molecular flexibility index (Phi) is 8.91. The third-order valence-corrected chi connectivity index (χ3v) is 9.09. The zero-order valence-corrected chi connectivity index (χ0v) is 29.0. The minimum absolute atomic E-state index is 0.169. The van der Waals surface area contributed by atoms with Gasteiger partial charge in [0.05, 0.1) is 43.9 Å². The molecule has 0 fully saturated rings. The van der Waals surface area contributed by atoms with Crippen molar-refractivity contribution in [2.75, 3.05) is 19.1 Å². The second kappa shape index (κ2) is 14.3. The predicted molar refractivity (Wildman–Crippen MR) is 204 cm³/mol. The molecule has 8 aromatic rings. The van der Waals surface area contributed by atoms with Gasteiger partial charge < -0.3 is 9.64 Å². The van der Waals surface area contributed by atoms with Gasteiger partial charge in [-0.2, -0.15) is 0 Å². The lowest BCUT2D eigenvalue weighted by Gasteiger charge is -2.19. The molecule has 260 valence electrons. The number of hydrogen-bond donors (Lipinski definition) is 0. The molecule has 0 saturated heterocycles. The first kappa shape index (κ1) is 33.1. The maximum absolute atomic E-state index is 13.4. The third-order valence-electron chi connectivity index (χ3n) is 9.09. The Bertz CT molecular complexity index is 2710. The predicted octanol–water partition coefficient (Wildman–Crippen LogP) is 5.76. The minimum Gasteiger partial charge on any atom is -0.481 e. The summed E-state index contributed by atoms with van der Waals surface area (Å²) in [5, 5.41) is 0. The van der Waals surface area contributed by atoms with Gasteiger partial charge in [-0.3, -0.25) is 18.7 Å². The number of aromatic nitrogens is 8. The fraction of sp³-hybridized carbons (Fsp3) is 0.122. The van der Waals surface area contributed by atoms with Gasteiger partial charge in [0.25, 0.3) is 11.1 Å². The highest BCUT2D eigenvalue weighted by molar-refractivity contribution is 5.74. The summed E-state index contributed by atoms with van der Waals surface area (Å²) in [5.74, 6) is 1.34. The van der Waals surface area contributed by atoms with Crippen LogP contribution in [0.4, 0.5) is 5.82 Å². The van der Waals surface area contributed by atoms with Crippen LogP contribution in [0, 0.1) is 0 Å². The first-order valence-corrected chi connectivity index (χ1v) is 16.9. The smallest absolute Gasteiger partial charge is 0.280 e. The summed E-state index contributed by atoms with van der Waals surface area (Å²) in [6.07, 6.45) is 9.96. The van der Waals surface area contributed by atoms with E-state index in [1.807, 2.05) is 90.8 Å². The Labute approximate surface area is 303 Å². The van der Waals surface area contributed by atoms with Crippen LogP contribution in [0.5, 0.6) is 5.88 Å². The van der Waals surface area contributed by atoms with E-state index in [2.05, 4.69) is 29.9 Å². The van der Waals surface area contributed by atoms with Crippen molar-refractivity contribution in [1.29, 1.82) is 0 Å². The van der Waals surface area contributed by atoms with E-state index in [4.69, 9.17) is 4.74 Å². The van der Waals surface area contributed by atoms with E-state index in [0.717, 1.165) is 44.8 Å². The first-order valence-electron chi connectivity index (χ1n) is 16.9. The highest BCUT2D eigenvalue weighted by Gasteiger charge is 2.12. The van der Waals surface area contributed by atoms with Gasteiger partial charge in [-0.05, 0) is 75.3 Å². The van der Waals surface area contributed by atoms with E-state index in [9.17, 15) is 9.59 Å². The zero-order valence-electron chi connectivity index (χ0n) is 29.0. The van der Waals surface area contributed by atoms with Crippen LogP contribution in [0.25, 0.3) is 44.3 Å². The highest BCUT2D eigenvalue weighted by atomic mass is 16.5. The molecular formula is C41H33N9O3. The Hall–Kier alpha value is -7.08. The number of anilines is 1. The van der Waals surface area contributed by atoms with Crippen molar-refractivity contribution in [3.8, 4) is 28.1 Å². The number of pyridine rings is 4. The third kappa shape index (κ3) is 6.97. The fourth-order valence-electron chi connectivity index (χ4n) is 6.24. The molecule has 12 nitrogen and oxygen atoms in total. The van der Waals surface area contributed by atoms with Crippen LogP contribution in [-0.2, 0) is 19.6 Å². The van der Waals surface area contributed by atoms with Gasteiger partial charge in [-0.25, -0.2) is 29.9 Å². The maximum Gasteiger partial charge on any atom is 0.280 e. The first-order chi connectivity index (χ1) is 25.9. The van der Waals surface area contributed by atoms with Crippen molar-refractivity contribution >= 4 is 27.9 Å². The van der Waals surface area contributed by atoms with Crippen molar-refractivity contribution in [2.45, 2.75) is 19.6 Å². The maximum atomic E-state index is 13.4. The fourth-order valence-corrected chi connectivity index (χ4v) is 6.24. The minimum atomic E-state index is -0.198. The number of methoxy groups -OCH3 is 1. The molecule has 2 aromatic carbocycles. The van der Waals surface area contributed by atoms with E-state index in [1.54, 1.807) is 65.8 Å². The van der Waals surface area contributed by atoms with Crippen LogP contribution < -0.4 is 20.8 Å². The summed E-state index contributed by atoms with van der Waals surface area (Å²) in [7, 11) is 3.56. The average molecular weight is 700 g/mol. The Balaban J connectivity index is 0.936. The number of benzene rings is 2. The number of ether oxygens (including phenoxy) is 1. The number of fused-ring (bicyclic) bond motifs is 2. The molecule has 8 rings (SSSR count). The van der Waals surface area contributed by atoms with Crippen molar-refractivity contribution in [3.63, 3.8) is 0 Å². The second-order valence-corrected chi connectivity index (χ2v) is 12.7. The van der Waals surface area contributed by atoms with Crippen LogP contribution >= 0.6 is 0 Å². The number of hydrogen-bond acceptors (Lipinski definition) is 10. The average Bonchev–Trinajstić information content (AvgIpc) is 3.21. The molecule has 0 amide bonds. The summed E-state index contributed by atoms with van der Waals surface area (Å²) in [5.41, 5.74) is 8.33. The van der Waals surface area contributed by atoms with Crippen LogP contribution in [-0.4, -0.2) is 53.2 Å². The number of rotatable bonds is 10. The molecular weight excluding hydrogens is 667 g/mol. The molecule has 0 aliphatic carbocycles. The SMILES string of the molecule is COc1cc(-c2ccc(Cn3cnc4cc(CN(C)c5cc(-c6ccc(Cn7cnc8cccnc8c7=O)cc6)ccn5)cnc4c3=O)cc2)ccn1. The molecule has 0 N–H and O–H groups in total. The summed E-state index contributed by atoms with van der Waals surface area (Å²) >= 11 is 0. The second-order valence-electron chi connectivity index (χ2n) is 12.7. The van der Waals surface area contributed by atoms with Gasteiger partial charge in [0.1, 0.15) is 5.82 Å². The molecule has 0 aliphatic heterocycles. The van der Waals surface area contributed by atoms with Gasteiger partial charge in [0, 0.05) is 44.4 Å². The summed E-state index contributed by atoms with van der Waals surface area (Å²) in [6, 6.07) is 29.4. The van der Waals surface area contributed by atoms with E-state index in [-0.39, 0.29) is 11.1 Å². The van der Waals surface area contributed by atoms with Crippen LogP contribution in [0.1, 0.15) is 16.7 Å². The molecule has 6 heterocycles. The van der Waals surface area contributed by atoms with Gasteiger partial charge in [-0.15, -0.1) is 0 Å². The highest BCUT2D eigenvalue weighted by Crippen LogP contribution is 2.25. The van der Waals surface area contributed by atoms with Crippen molar-refractivity contribution in [3.05, 3.63) is 166 Å². The van der Waals surface area contributed by atoms with E-state index >= 15 is 0 Å². The monoisotopic (exact) mass is 699 g/mol. The standard InChI is InChI=1S/C41H33N9O3/c1-48(36-19-32(13-16-42-36)30-9-5-27(6-10-30)23-49-25-46-34-4-3-15-44-38(34)40(49)51)22-29-18-35-39(45-21-29)41(52)50(26-47-35)24-28-7-11-31(12-8-28)33-14-17-43-37(20-33)53-2/h3-21,25-26H,22-24H2,1-2H3. The topological polar surface area (TPSA) is 134 Å². The molecule has 53 heavy (non-hydrogen) atoms. The quantitative estimate of drug-likeness (QED) is 0.173. The van der Waals surface area contributed by atoms with E-state index < -0.39 is 0 Å². The molecule has 0 bridgehead atoms. The molecule has 0 unspecified atom stereocenters. The van der Waals surface area contributed by atoms with Crippen LogP contribution in [0.2, 0.25) is 0 Å². The summed E-state index contributed by atoms with van der Waals surface area (Å²) < 4.78 is 8.39. The Morgan fingerprint density at radius 1 is 0.585 bits per heavy atom. The van der Waals surface area contributed by atoms with E-state index in [0.29, 0.717) is 47.6 Å². The lowest BCUT2D eigenvalue weighted by Crippen LogP contribution is -2.22. The molecule has 12 heteroatoms. The van der Waals surface area contributed by atoms with Crippen LogP contribution in [0.3, 0.4) is 0 Å². The lowest BCUT2D eigenvalue weighted by molar-refractivity contribution is 0.398. The van der Waals surface area contributed by atoms with Crippen molar-refractivity contribution in [2.24, 2.45) is 0 Å². The normalized spacial score (nSPS) is 11.2. The summed E-state index contributed by atoms with van der Waals surface area (Å²) in [6.45, 7) is 1.28. The zero-order chi connectivity index (χ0) is 36.3. The van der Waals surface area contributed by atoms with Gasteiger partial charge in [0.15, 0.2) is 11.0 Å². The summed E-state index contributed by atoms with van der Waals surface area (Å²) in [4.78, 5) is 54.8. The Morgan fingerprint density at radius 2 is 1.19 bits per heavy atom. The van der Waals surface area contributed by atoms with Crippen LogP contribution in [0.15, 0.2) is 138 Å². The molecule has 6 aromatic heterocycles. The molecule has 0 radical (unpaired) electrons. The van der Waals surface area contributed by atoms with Crippen molar-refractivity contribution < 1.29 is 4.74 Å². The van der Waals surface area contributed by atoms with Gasteiger partial charge >= 0.3 is 0 Å². The number of nitrogens with zero attached hydrogens (tertiary/aromatic N) is 9.